The molecule has 2 N–H and O–H groups in total. The molecule has 0 aliphatic rings. The molecule has 0 aliphatic carbocycles. The molecule has 2 heterocycles. The van der Waals surface area contributed by atoms with Gasteiger partial charge in [-0.1, -0.05) is 60.7 Å². The maximum absolute atomic E-state index is 12.1. The molecule has 2 aromatic heterocycles. The van der Waals surface area contributed by atoms with E-state index in [1.807, 2.05) is 60.7 Å². The Morgan fingerprint density at radius 2 is 1.52 bits per heavy atom. The van der Waals surface area contributed by atoms with Gasteiger partial charge < -0.3 is 5.21 Å². The fourth-order valence-corrected chi connectivity index (χ4v) is 2.75. The predicted octanol–water partition coefficient (Wildman–Crippen LogP) is 3.30. The minimum Gasteiger partial charge on any atom is -0.428 e. The van der Waals surface area contributed by atoms with E-state index in [1.165, 1.54) is 0 Å². The number of aromatic nitrogens is 3. The number of H-pyrrole nitrogens is 1. The van der Waals surface area contributed by atoms with Gasteiger partial charge in [-0.3, -0.25) is 4.79 Å². The fourth-order valence-electron chi connectivity index (χ4n) is 2.75. The normalized spacial score (nSPS) is 11.0. The van der Waals surface area contributed by atoms with E-state index in [9.17, 15) is 10.0 Å². The number of fused-ring (bicyclic) bond motifs is 1. The highest BCUT2D eigenvalue weighted by Gasteiger charge is 2.17. The zero-order valence-electron chi connectivity index (χ0n) is 12.1. The first kappa shape index (κ1) is 13.3. The Kier molecular flexibility index (Phi) is 2.98. The lowest BCUT2D eigenvalue weighted by Gasteiger charge is -2.02. The van der Waals surface area contributed by atoms with Gasteiger partial charge in [0.15, 0.2) is 5.52 Å². The van der Waals surface area contributed by atoms with Crippen molar-refractivity contribution in [3.8, 4) is 22.5 Å². The van der Waals surface area contributed by atoms with Crippen LogP contribution in [0.4, 0.5) is 0 Å². The molecule has 0 amide bonds. The van der Waals surface area contributed by atoms with Crippen LogP contribution in [0, 0.1) is 0 Å². The highest BCUT2D eigenvalue weighted by Crippen LogP contribution is 2.30. The third-order valence-corrected chi connectivity index (χ3v) is 3.83. The molecule has 0 spiro atoms. The van der Waals surface area contributed by atoms with Crippen LogP contribution in [0.2, 0.25) is 0 Å². The third-order valence-electron chi connectivity index (χ3n) is 3.83. The highest BCUT2D eigenvalue weighted by atomic mass is 16.5. The molecule has 0 radical (unpaired) electrons. The van der Waals surface area contributed by atoms with Gasteiger partial charge in [0, 0.05) is 16.5 Å². The quantitative estimate of drug-likeness (QED) is 0.558. The molecule has 0 bridgehead atoms. The second-order valence-electron chi connectivity index (χ2n) is 5.24. The second-order valence-corrected chi connectivity index (χ2v) is 5.24. The van der Waals surface area contributed by atoms with E-state index in [0.717, 1.165) is 15.9 Å². The van der Waals surface area contributed by atoms with Crippen molar-refractivity contribution in [3.05, 3.63) is 77.1 Å². The highest BCUT2D eigenvalue weighted by molar-refractivity contribution is 5.95. The van der Waals surface area contributed by atoms with Crippen molar-refractivity contribution in [1.29, 1.82) is 0 Å². The van der Waals surface area contributed by atoms with Crippen LogP contribution in [0.15, 0.2) is 71.5 Å². The van der Waals surface area contributed by atoms with Gasteiger partial charge in [0.25, 0.3) is 5.56 Å². The maximum atomic E-state index is 12.1. The van der Waals surface area contributed by atoms with Gasteiger partial charge in [0.1, 0.15) is 5.69 Å². The number of nitrogens with one attached hydrogen (secondary N) is 1. The van der Waals surface area contributed by atoms with Gasteiger partial charge in [0.05, 0.1) is 5.69 Å². The van der Waals surface area contributed by atoms with Gasteiger partial charge in [-0.05, 0) is 6.07 Å². The number of hydrogen-bond acceptors (Lipinski definition) is 3. The second kappa shape index (κ2) is 5.14. The molecule has 0 saturated carbocycles. The molecule has 5 heteroatoms. The van der Waals surface area contributed by atoms with Crippen LogP contribution in [0.3, 0.4) is 0 Å². The monoisotopic (exact) mass is 303 g/mol. The van der Waals surface area contributed by atoms with E-state index in [4.69, 9.17) is 0 Å². The topological polar surface area (TPSA) is 70.9 Å². The first-order valence-corrected chi connectivity index (χ1v) is 7.20. The minimum absolute atomic E-state index is 0.192. The van der Waals surface area contributed by atoms with Crippen LogP contribution in [0.1, 0.15) is 0 Å². The van der Waals surface area contributed by atoms with E-state index >= 15 is 0 Å². The average Bonchev–Trinajstić information content (AvgIpc) is 2.95. The van der Waals surface area contributed by atoms with E-state index < -0.39 is 5.56 Å². The molecule has 5 nitrogen and oxygen atoms in total. The van der Waals surface area contributed by atoms with Crippen LogP contribution in [-0.4, -0.2) is 20.1 Å². The summed E-state index contributed by atoms with van der Waals surface area (Å²) >= 11 is 0. The smallest absolute Gasteiger partial charge is 0.292 e. The van der Waals surface area contributed by atoms with Crippen molar-refractivity contribution in [1.82, 2.24) is 14.9 Å². The summed E-state index contributed by atoms with van der Waals surface area (Å²) in [5, 5.41) is 17.7. The summed E-state index contributed by atoms with van der Waals surface area (Å²) in [4.78, 5) is 12.1. The zero-order chi connectivity index (χ0) is 15.8. The number of hydrogen-bond donors (Lipinski definition) is 2. The summed E-state index contributed by atoms with van der Waals surface area (Å²) in [5.41, 5.74) is 2.65. The van der Waals surface area contributed by atoms with Gasteiger partial charge in [-0.25, -0.2) is 5.10 Å². The lowest BCUT2D eigenvalue weighted by atomic mass is 10.1. The van der Waals surface area contributed by atoms with Crippen LogP contribution >= 0.6 is 0 Å². The fraction of sp³-hybridized carbons (Fsp3) is 0. The Balaban J connectivity index is 2.06. The molecule has 4 rings (SSSR count). The molecule has 0 unspecified atom stereocenters. The lowest BCUT2D eigenvalue weighted by molar-refractivity contribution is 0.204. The van der Waals surface area contributed by atoms with Crippen molar-refractivity contribution >= 4 is 10.9 Å². The molecular weight excluding hydrogens is 290 g/mol. The summed E-state index contributed by atoms with van der Waals surface area (Å²) in [5.74, 6) is 0. The van der Waals surface area contributed by atoms with Crippen LogP contribution in [0.25, 0.3) is 33.4 Å². The van der Waals surface area contributed by atoms with Crippen molar-refractivity contribution in [2.45, 2.75) is 0 Å². The summed E-state index contributed by atoms with van der Waals surface area (Å²) in [6, 6.07) is 20.8. The van der Waals surface area contributed by atoms with E-state index in [0.29, 0.717) is 16.8 Å². The summed E-state index contributed by atoms with van der Waals surface area (Å²) in [7, 11) is 0. The SMILES string of the molecule is O=c1[nH]nc(-c2ccccc2)c2cc(-c3ccccc3)n(O)c12. The number of benzene rings is 2. The van der Waals surface area contributed by atoms with Crippen LogP contribution in [-0.2, 0) is 0 Å². The Morgan fingerprint density at radius 3 is 2.17 bits per heavy atom. The largest absolute Gasteiger partial charge is 0.428 e. The molecule has 112 valence electrons. The van der Waals surface area contributed by atoms with Crippen LogP contribution in [0.5, 0.6) is 0 Å². The third kappa shape index (κ3) is 2.10. The van der Waals surface area contributed by atoms with Crippen LogP contribution < -0.4 is 5.56 Å². The van der Waals surface area contributed by atoms with E-state index in [2.05, 4.69) is 10.2 Å². The first-order chi connectivity index (χ1) is 11.3. The number of nitrogens with zero attached hydrogens (tertiary/aromatic N) is 2. The average molecular weight is 303 g/mol. The summed E-state index contributed by atoms with van der Waals surface area (Å²) < 4.78 is 0.928. The van der Waals surface area contributed by atoms with Crippen molar-refractivity contribution in [2.24, 2.45) is 0 Å². The van der Waals surface area contributed by atoms with E-state index in [1.54, 1.807) is 6.07 Å². The van der Waals surface area contributed by atoms with Crippen molar-refractivity contribution in [3.63, 3.8) is 0 Å². The molecular formula is C18H13N3O2. The Labute approximate surface area is 131 Å². The lowest BCUT2D eigenvalue weighted by Crippen LogP contribution is -2.12. The summed E-state index contributed by atoms with van der Waals surface area (Å²) in [6.45, 7) is 0. The molecule has 2 aromatic carbocycles. The Hall–Kier alpha value is -3.34. The number of aromatic amines is 1. The summed E-state index contributed by atoms with van der Waals surface area (Å²) in [6.07, 6.45) is 0. The minimum atomic E-state index is -0.427. The van der Waals surface area contributed by atoms with Gasteiger partial charge in [0.2, 0.25) is 0 Å². The molecule has 0 aliphatic heterocycles. The maximum Gasteiger partial charge on any atom is 0.292 e. The Morgan fingerprint density at radius 1 is 0.913 bits per heavy atom. The molecule has 0 atom stereocenters. The zero-order valence-corrected chi connectivity index (χ0v) is 12.1. The molecule has 23 heavy (non-hydrogen) atoms. The van der Waals surface area contributed by atoms with Crippen molar-refractivity contribution < 1.29 is 5.21 Å². The molecule has 4 aromatic rings. The van der Waals surface area contributed by atoms with Gasteiger partial charge in [-0.2, -0.15) is 9.83 Å². The first-order valence-electron chi connectivity index (χ1n) is 7.20. The van der Waals surface area contributed by atoms with Gasteiger partial charge in [-0.15, -0.1) is 0 Å². The number of rotatable bonds is 2. The standard InChI is InChI=1S/C18H13N3O2/c22-18-17-14(16(19-20-18)13-9-5-2-6-10-13)11-15(21(17)23)12-7-3-1-4-8-12/h1-11,23H,(H,20,22). The Bertz CT molecular complexity index is 1030. The molecule has 0 saturated heterocycles. The van der Waals surface area contributed by atoms with E-state index in [-0.39, 0.29) is 5.52 Å². The predicted molar refractivity (Wildman–Crippen MR) is 88.4 cm³/mol. The van der Waals surface area contributed by atoms with Gasteiger partial charge >= 0.3 is 0 Å². The molecule has 0 fully saturated rings. The van der Waals surface area contributed by atoms with Crippen molar-refractivity contribution in [2.75, 3.05) is 0 Å².